The van der Waals surface area contributed by atoms with E-state index < -0.39 is 0 Å². The van der Waals surface area contributed by atoms with Crippen LogP contribution in [0.25, 0.3) is 11.1 Å². The van der Waals surface area contributed by atoms with Crippen LogP contribution in [-0.4, -0.2) is 0 Å². The lowest BCUT2D eigenvalue weighted by molar-refractivity contribution is 0.532. The normalized spacial score (nSPS) is 19.7. The van der Waals surface area contributed by atoms with Crippen LogP contribution in [-0.2, 0) is 5.41 Å². The lowest BCUT2D eigenvalue weighted by atomic mass is 9.62. The van der Waals surface area contributed by atoms with Crippen LogP contribution < -0.4 is 0 Å². The quantitative estimate of drug-likeness (QED) is 0.472. The van der Waals surface area contributed by atoms with Crippen LogP contribution in [0.15, 0.2) is 83.2 Å². The van der Waals surface area contributed by atoms with Crippen molar-refractivity contribution >= 4 is 11.1 Å². The Morgan fingerprint density at radius 1 is 1.03 bits per heavy atom. The lowest BCUT2D eigenvalue weighted by Gasteiger charge is -2.41. The van der Waals surface area contributed by atoms with Crippen LogP contribution in [0.2, 0.25) is 0 Å². The van der Waals surface area contributed by atoms with Gasteiger partial charge in [-0.1, -0.05) is 87.9 Å². The van der Waals surface area contributed by atoms with Gasteiger partial charge < -0.3 is 0 Å². The van der Waals surface area contributed by atoms with Gasteiger partial charge in [-0.15, -0.1) is 0 Å². The largest absolute Gasteiger partial charge is 0.207 e. The molecule has 0 radical (unpaired) electrons. The van der Waals surface area contributed by atoms with E-state index in [1.54, 1.807) is 6.08 Å². The average Bonchev–Trinajstić information content (AvgIpc) is 2.75. The van der Waals surface area contributed by atoms with E-state index in [0.717, 1.165) is 18.4 Å². The summed E-state index contributed by atoms with van der Waals surface area (Å²) in [6, 6.07) is 17.2. The Balaban J connectivity index is 2.11. The third-order valence-corrected chi connectivity index (χ3v) is 7.10. The molecule has 0 bridgehead atoms. The molecule has 0 heterocycles. The first-order valence-corrected chi connectivity index (χ1v) is 11.5. The zero-order chi connectivity index (χ0) is 22.3. The molecule has 0 N–H and O–H groups in total. The second-order valence-corrected chi connectivity index (χ2v) is 9.58. The van der Waals surface area contributed by atoms with Gasteiger partial charge in [0, 0.05) is 11.0 Å². The molecule has 31 heavy (non-hydrogen) atoms. The SMILES string of the molecule is C/C=C(/c1ccccc1)c1cccc2c1/C(=C(\C)C(C)C)C1=C(C(F)=CCC1)C2(C)C. The van der Waals surface area contributed by atoms with Gasteiger partial charge in [0.1, 0.15) is 5.83 Å². The van der Waals surface area contributed by atoms with Gasteiger partial charge in [0.2, 0.25) is 0 Å². The van der Waals surface area contributed by atoms with Crippen molar-refractivity contribution < 1.29 is 4.39 Å². The second kappa shape index (κ2) is 8.11. The van der Waals surface area contributed by atoms with Crippen LogP contribution in [0.5, 0.6) is 0 Å². The first-order valence-electron chi connectivity index (χ1n) is 11.5. The Morgan fingerprint density at radius 3 is 2.39 bits per heavy atom. The molecule has 2 aliphatic rings. The highest BCUT2D eigenvalue weighted by molar-refractivity contribution is 5.96. The third kappa shape index (κ3) is 3.45. The lowest BCUT2D eigenvalue weighted by Crippen LogP contribution is -2.30. The van der Waals surface area contributed by atoms with E-state index in [4.69, 9.17) is 0 Å². The van der Waals surface area contributed by atoms with Gasteiger partial charge in [-0.2, -0.15) is 0 Å². The van der Waals surface area contributed by atoms with Gasteiger partial charge in [0.05, 0.1) is 0 Å². The molecule has 2 aromatic carbocycles. The van der Waals surface area contributed by atoms with Crippen molar-refractivity contribution in [3.05, 3.63) is 105 Å². The average molecular weight is 413 g/mol. The number of hydrogen-bond donors (Lipinski definition) is 0. The molecule has 2 aliphatic carbocycles. The monoisotopic (exact) mass is 412 g/mol. The molecule has 2 aromatic rings. The molecule has 0 fully saturated rings. The van der Waals surface area contributed by atoms with E-state index in [0.29, 0.717) is 5.92 Å². The fourth-order valence-electron chi connectivity index (χ4n) is 5.31. The van der Waals surface area contributed by atoms with Crippen molar-refractivity contribution in [3.63, 3.8) is 0 Å². The fourth-order valence-corrected chi connectivity index (χ4v) is 5.31. The highest BCUT2D eigenvalue weighted by Crippen LogP contribution is 2.54. The molecular formula is C30H33F. The van der Waals surface area contributed by atoms with E-state index in [1.165, 1.54) is 44.5 Å². The molecule has 0 unspecified atom stereocenters. The zero-order valence-corrected chi connectivity index (χ0v) is 19.6. The Bertz CT molecular complexity index is 1130. The van der Waals surface area contributed by atoms with Crippen molar-refractivity contribution in [3.8, 4) is 0 Å². The highest BCUT2D eigenvalue weighted by atomic mass is 19.1. The topological polar surface area (TPSA) is 0 Å². The van der Waals surface area contributed by atoms with Crippen molar-refractivity contribution in [2.24, 2.45) is 5.92 Å². The maximum absolute atomic E-state index is 15.3. The number of halogens is 1. The number of rotatable bonds is 3. The Labute approximate surface area is 186 Å². The first kappa shape index (κ1) is 21.6. The van der Waals surface area contributed by atoms with Crippen molar-refractivity contribution in [2.45, 2.75) is 59.8 Å². The van der Waals surface area contributed by atoms with Crippen LogP contribution in [0.1, 0.15) is 76.6 Å². The summed E-state index contributed by atoms with van der Waals surface area (Å²) in [5.41, 5.74) is 10.5. The van der Waals surface area contributed by atoms with Crippen molar-refractivity contribution in [1.29, 1.82) is 0 Å². The van der Waals surface area contributed by atoms with Gasteiger partial charge in [-0.05, 0) is 77.7 Å². The van der Waals surface area contributed by atoms with Crippen LogP contribution in [0.4, 0.5) is 4.39 Å². The number of fused-ring (bicyclic) bond motifs is 1. The number of hydrogen-bond acceptors (Lipinski definition) is 0. The summed E-state index contributed by atoms with van der Waals surface area (Å²) < 4.78 is 15.3. The summed E-state index contributed by atoms with van der Waals surface area (Å²) in [6.45, 7) is 13.2. The Kier molecular flexibility index (Phi) is 5.64. The summed E-state index contributed by atoms with van der Waals surface area (Å²) in [4.78, 5) is 0. The minimum atomic E-state index is -0.377. The smallest absolute Gasteiger partial charge is 0.123 e. The molecule has 0 saturated carbocycles. The molecule has 0 nitrogen and oxygen atoms in total. The molecule has 0 saturated heterocycles. The predicted molar refractivity (Wildman–Crippen MR) is 132 cm³/mol. The Morgan fingerprint density at radius 2 is 1.74 bits per heavy atom. The Hall–Kier alpha value is -2.67. The second-order valence-electron chi connectivity index (χ2n) is 9.58. The van der Waals surface area contributed by atoms with Crippen LogP contribution in [0.3, 0.4) is 0 Å². The molecule has 0 atom stereocenters. The first-order chi connectivity index (χ1) is 14.8. The minimum absolute atomic E-state index is 0.0364. The highest BCUT2D eigenvalue weighted by Gasteiger charge is 2.41. The van der Waals surface area contributed by atoms with Crippen molar-refractivity contribution in [2.75, 3.05) is 0 Å². The van der Waals surface area contributed by atoms with E-state index in [-0.39, 0.29) is 11.2 Å². The standard InChI is InChI=1S/C30H33F/c1-7-22(21-13-9-8-10-14-21)23-15-11-17-25-28(23)27(20(4)19(2)3)24-16-12-18-26(31)29(24)30(25,5)6/h7-11,13-15,17-19H,12,16H2,1-6H3/b22-7-,27-20+. The van der Waals surface area contributed by atoms with Gasteiger partial charge in [-0.25, -0.2) is 4.39 Å². The molecule has 1 heteroatoms. The van der Waals surface area contributed by atoms with E-state index in [2.05, 4.69) is 96.1 Å². The molecule has 0 aliphatic heterocycles. The summed E-state index contributed by atoms with van der Waals surface area (Å²) in [7, 11) is 0. The van der Waals surface area contributed by atoms with Crippen molar-refractivity contribution in [1.82, 2.24) is 0 Å². The summed E-state index contributed by atoms with van der Waals surface area (Å²) in [6.07, 6.45) is 5.66. The van der Waals surface area contributed by atoms with Crippen LogP contribution in [0, 0.1) is 5.92 Å². The van der Waals surface area contributed by atoms with Gasteiger partial charge in [0.15, 0.2) is 0 Å². The molecule has 4 rings (SSSR count). The molecule has 0 amide bonds. The third-order valence-electron chi connectivity index (χ3n) is 7.10. The molecular weight excluding hydrogens is 379 g/mol. The van der Waals surface area contributed by atoms with Gasteiger partial charge >= 0.3 is 0 Å². The summed E-state index contributed by atoms with van der Waals surface area (Å²) in [5, 5.41) is 0. The summed E-state index contributed by atoms with van der Waals surface area (Å²) >= 11 is 0. The predicted octanol–water partition coefficient (Wildman–Crippen LogP) is 8.80. The molecule has 0 aromatic heterocycles. The van der Waals surface area contributed by atoms with E-state index in [1.807, 2.05) is 0 Å². The maximum atomic E-state index is 15.3. The fraction of sp³-hybridized carbons (Fsp3) is 0.333. The number of allylic oxidation sites excluding steroid dienone is 7. The molecule has 160 valence electrons. The summed E-state index contributed by atoms with van der Waals surface area (Å²) in [5.74, 6) is 0.358. The zero-order valence-electron chi connectivity index (χ0n) is 19.6. The van der Waals surface area contributed by atoms with Gasteiger partial charge in [0.25, 0.3) is 0 Å². The number of benzene rings is 2. The molecule has 0 spiro atoms. The minimum Gasteiger partial charge on any atom is -0.207 e. The van der Waals surface area contributed by atoms with E-state index >= 15 is 4.39 Å². The van der Waals surface area contributed by atoms with Gasteiger partial charge in [-0.3, -0.25) is 0 Å². The van der Waals surface area contributed by atoms with E-state index in [9.17, 15) is 0 Å². The van der Waals surface area contributed by atoms with Crippen LogP contribution >= 0.6 is 0 Å². The maximum Gasteiger partial charge on any atom is 0.123 e.